The van der Waals surface area contributed by atoms with E-state index in [1.165, 1.54) is 308 Å². The Bertz CT molecular complexity index is 2050. The Hall–Kier alpha value is -1.94. The van der Waals surface area contributed by atoms with Crippen LogP contribution in [0.5, 0.6) is 0 Å². The van der Waals surface area contributed by atoms with Gasteiger partial charge in [-0.05, 0) is 31.6 Å². The molecule has 17 nitrogen and oxygen atoms in total. The second kappa shape index (κ2) is 81.6. The average molecular weight is 1580 g/mol. The van der Waals surface area contributed by atoms with Crippen molar-refractivity contribution in [3.05, 3.63) is 0 Å². The van der Waals surface area contributed by atoms with Crippen molar-refractivity contribution >= 4 is 39.5 Å². The van der Waals surface area contributed by atoms with Gasteiger partial charge < -0.3 is 33.8 Å². The van der Waals surface area contributed by atoms with Crippen LogP contribution in [-0.4, -0.2) is 96.7 Å². The van der Waals surface area contributed by atoms with Crippen molar-refractivity contribution in [3.63, 3.8) is 0 Å². The van der Waals surface area contributed by atoms with Crippen LogP contribution in [0.4, 0.5) is 0 Å². The second-order valence-corrected chi connectivity index (χ2v) is 35.4. The Labute approximate surface area is 664 Å². The molecule has 0 heterocycles. The molecule has 0 aromatic rings. The zero-order valence-electron chi connectivity index (χ0n) is 71.0. The molecule has 0 saturated heterocycles. The Kier molecular flexibility index (Phi) is 80.2. The number of carbonyl (C=O) groups excluding carboxylic acids is 4. The van der Waals surface area contributed by atoms with Gasteiger partial charge in [0, 0.05) is 25.7 Å². The van der Waals surface area contributed by atoms with E-state index in [2.05, 4.69) is 34.6 Å². The summed E-state index contributed by atoms with van der Waals surface area (Å²) < 4.78 is 69.0. The Morgan fingerprint density at radius 1 is 0.250 bits per heavy atom. The lowest BCUT2D eigenvalue weighted by Crippen LogP contribution is -2.30. The molecule has 0 aliphatic heterocycles. The molecule has 0 rings (SSSR count). The first-order valence-corrected chi connectivity index (χ1v) is 49.1. The lowest BCUT2D eigenvalue weighted by molar-refractivity contribution is -0.161. The highest BCUT2D eigenvalue weighted by Crippen LogP contribution is 2.45. The summed E-state index contributed by atoms with van der Waals surface area (Å²) >= 11 is 0. The van der Waals surface area contributed by atoms with Crippen molar-refractivity contribution in [1.29, 1.82) is 0 Å². The van der Waals surface area contributed by atoms with Gasteiger partial charge in [0.25, 0.3) is 0 Å². The molecule has 5 atom stereocenters. The highest BCUT2D eigenvalue weighted by atomic mass is 31.2. The topological polar surface area (TPSA) is 237 Å². The highest BCUT2D eigenvalue weighted by molar-refractivity contribution is 7.47. The molecular formula is C89H174O17P2. The Morgan fingerprint density at radius 3 is 0.630 bits per heavy atom. The smallest absolute Gasteiger partial charge is 0.462 e. The molecule has 0 aromatic heterocycles. The first-order valence-electron chi connectivity index (χ1n) is 46.1. The quantitative estimate of drug-likeness (QED) is 0.0222. The van der Waals surface area contributed by atoms with E-state index in [9.17, 15) is 43.2 Å². The van der Waals surface area contributed by atoms with Crippen LogP contribution in [0.25, 0.3) is 0 Å². The number of hydrogen-bond acceptors (Lipinski definition) is 15. The van der Waals surface area contributed by atoms with Gasteiger partial charge in [0.05, 0.1) is 26.4 Å². The van der Waals surface area contributed by atoms with Gasteiger partial charge in [0.15, 0.2) is 12.2 Å². The van der Waals surface area contributed by atoms with Gasteiger partial charge in [-0.2, -0.15) is 0 Å². The van der Waals surface area contributed by atoms with Crippen molar-refractivity contribution in [2.75, 3.05) is 39.6 Å². The first-order chi connectivity index (χ1) is 52.5. The maximum absolute atomic E-state index is 13.2. The number of aliphatic hydroxyl groups excluding tert-OH is 1. The molecule has 0 radical (unpaired) electrons. The molecule has 19 heteroatoms. The minimum atomic E-state index is -4.97. The van der Waals surface area contributed by atoms with Gasteiger partial charge in [-0.25, -0.2) is 9.13 Å². The van der Waals surface area contributed by atoms with Gasteiger partial charge in [0.1, 0.15) is 19.3 Å². The van der Waals surface area contributed by atoms with Crippen LogP contribution in [0.3, 0.4) is 0 Å². The highest BCUT2D eigenvalue weighted by Gasteiger charge is 2.30. The van der Waals surface area contributed by atoms with E-state index in [4.69, 9.17) is 37.0 Å². The number of esters is 4. The zero-order valence-corrected chi connectivity index (χ0v) is 72.8. The summed E-state index contributed by atoms with van der Waals surface area (Å²) in [4.78, 5) is 73.3. The average Bonchev–Trinajstić information content (AvgIpc) is 0.902. The van der Waals surface area contributed by atoms with E-state index >= 15 is 0 Å². The fourth-order valence-electron chi connectivity index (χ4n) is 14.0. The molecule has 0 aliphatic rings. The maximum Gasteiger partial charge on any atom is 0.472 e. The monoisotopic (exact) mass is 1580 g/mol. The largest absolute Gasteiger partial charge is 0.472 e. The minimum absolute atomic E-state index is 0.109. The van der Waals surface area contributed by atoms with Crippen LogP contribution in [0.2, 0.25) is 0 Å². The lowest BCUT2D eigenvalue weighted by Gasteiger charge is -2.21. The fraction of sp³-hybridized carbons (Fsp3) is 0.955. The molecule has 0 bridgehead atoms. The first kappa shape index (κ1) is 106. The summed E-state index contributed by atoms with van der Waals surface area (Å²) in [5.41, 5.74) is 0. The van der Waals surface area contributed by atoms with E-state index in [-0.39, 0.29) is 25.7 Å². The fourth-order valence-corrected chi connectivity index (χ4v) is 15.6. The van der Waals surface area contributed by atoms with Gasteiger partial charge in [-0.1, -0.05) is 433 Å². The molecule has 0 aromatic carbocycles. The number of rotatable bonds is 89. The van der Waals surface area contributed by atoms with E-state index in [0.29, 0.717) is 25.7 Å². The van der Waals surface area contributed by atoms with Gasteiger partial charge in [-0.15, -0.1) is 0 Å². The van der Waals surface area contributed by atoms with Crippen molar-refractivity contribution < 1.29 is 80.2 Å². The number of unbranched alkanes of at least 4 members (excludes halogenated alkanes) is 61. The summed E-state index contributed by atoms with van der Waals surface area (Å²) in [6, 6.07) is 0. The zero-order chi connectivity index (χ0) is 79.0. The molecule has 0 aliphatic carbocycles. The third-order valence-electron chi connectivity index (χ3n) is 21.0. The van der Waals surface area contributed by atoms with Crippen molar-refractivity contribution in [3.8, 4) is 0 Å². The lowest BCUT2D eigenvalue weighted by atomic mass is 10.0. The molecule has 108 heavy (non-hydrogen) atoms. The SMILES string of the molecule is CCCCCCCCCCCCCCCCCCCCCCCC(=O)O[C@H](COC(=O)CCCCCCCCCCCCCCCCCCCC)COP(=O)(O)OC[C@@H](O)COP(=O)(O)OC[C@@H](COC(=O)CCCCCCCCCCC(C)C)OC(=O)CCCCCCCCCCCCCCCCCCCC. The molecule has 0 amide bonds. The molecule has 2 unspecified atom stereocenters. The van der Waals surface area contributed by atoms with Gasteiger partial charge in [-0.3, -0.25) is 37.3 Å². The van der Waals surface area contributed by atoms with Crippen LogP contribution in [0.15, 0.2) is 0 Å². The third kappa shape index (κ3) is 82.1. The van der Waals surface area contributed by atoms with Gasteiger partial charge >= 0.3 is 39.5 Å². The summed E-state index contributed by atoms with van der Waals surface area (Å²) in [5, 5.41) is 10.7. The number of hydrogen-bond donors (Lipinski definition) is 3. The number of aliphatic hydroxyl groups is 1. The number of carbonyl (C=O) groups is 4. The number of ether oxygens (including phenoxy) is 4. The van der Waals surface area contributed by atoms with E-state index in [1.54, 1.807) is 0 Å². The van der Waals surface area contributed by atoms with Gasteiger partial charge in [0.2, 0.25) is 0 Å². The second-order valence-electron chi connectivity index (χ2n) is 32.5. The van der Waals surface area contributed by atoms with Crippen molar-refractivity contribution in [1.82, 2.24) is 0 Å². The predicted molar refractivity (Wildman–Crippen MR) is 446 cm³/mol. The summed E-state index contributed by atoms with van der Waals surface area (Å²) in [7, 11) is -9.93. The molecule has 0 fully saturated rings. The van der Waals surface area contributed by atoms with Crippen molar-refractivity contribution in [2.45, 2.75) is 502 Å². The normalized spacial score (nSPS) is 13.7. The van der Waals surface area contributed by atoms with E-state index in [1.807, 2.05) is 0 Å². The molecule has 642 valence electrons. The van der Waals surface area contributed by atoms with E-state index < -0.39 is 97.5 Å². The summed E-state index contributed by atoms with van der Waals surface area (Å²) in [5.74, 6) is -1.37. The Morgan fingerprint density at radius 2 is 0.426 bits per heavy atom. The molecule has 3 N–H and O–H groups in total. The molecule has 0 saturated carbocycles. The standard InChI is InChI=1S/C89H174O17P2/c1-6-9-12-15-18-21-24-27-30-33-36-37-38-41-44-47-50-53-60-65-70-74-88(93)105-84(78-99-86(91)72-67-62-57-51-48-45-42-39-34-31-28-25-22-19-16-13-10-7-2)80-103-107(95,96)101-76-83(90)77-102-108(97,98)104-81-85(79-100-87(92)73-68-63-58-55-54-56-61-66-71-82(4)5)106-89(94)75-69-64-59-52-49-46-43-40-35-32-29-26-23-20-17-14-11-8-3/h82-85,90H,6-81H2,1-5H3,(H,95,96)(H,97,98)/t83-,84-,85-/m1/s1. The molecular weight excluding hydrogens is 1400 g/mol. The summed E-state index contributed by atoms with van der Waals surface area (Å²) in [6.07, 6.45) is 76.5. The van der Waals surface area contributed by atoms with E-state index in [0.717, 1.165) is 95.8 Å². The summed E-state index contributed by atoms with van der Waals surface area (Å²) in [6.45, 7) is 7.35. The number of phosphoric acid groups is 2. The maximum atomic E-state index is 13.2. The van der Waals surface area contributed by atoms with Crippen LogP contribution >= 0.6 is 15.6 Å². The van der Waals surface area contributed by atoms with Crippen molar-refractivity contribution in [2.24, 2.45) is 5.92 Å². The molecule has 0 spiro atoms. The van der Waals surface area contributed by atoms with Crippen LogP contribution < -0.4 is 0 Å². The van der Waals surface area contributed by atoms with Crippen LogP contribution in [0, 0.1) is 5.92 Å². The minimum Gasteiger partial charge on any atom is -0.462 e. The predicted octanol–water partition coefficient (Wildman–Crippen LogP) is 27.5. The van der Waals surface area contributed by atoms with Crippen LogP contribution in [0.1, 0.15) is 484 Å². The third-order valence-corrected chi connectivity index (χ3v) is 22.9. The number of phosphoric ester groups is 2. The Balaban J connectivity index is 5.23. The van der Waals surface area contributed by atoms with Crippen LogP contribution in [-0.2, 0) is 65.4 Å².